The Bertz CT molecular complexity index is 781. The number of hydrogen-bond donors (Lipinski definition) is 0. The first kappa shape index (κ1) is 16.0. The van der Waals surface area contributed by atoms with Crippen molar-refractivity contribution in [1.29, 1.82) is 0 Å². The molecule has 0 atom stereocenters. The fourth-order valence-corrected chi connectivity index (χ4v) is 3.47. The van der Waals surface area contributed by atoms with Crippen LogP contribution in [0.2, 0.25) is 0 Å². The lowest BCUT2D eigenvalue weighted by atomic mass is 10.4. The average molecular weight is 324 g/mol. The zero-order chi connectivity index (χ0) is 16.3. The van der Waals surface area contributed by atoms with Gasteiger partial charge in [0, 0.05) is 7.05 Å². The predicted octanol–water partition coefficient (Wildman–Crippen LogP) is 1.11. The van der Waals surface area contributed by atoms with Gasteiger partial charge < -0.3 is 9.47 Å². The maximum atomic E-state index is 12.8. The van der Waals surface area contributed by atoms with Crippen molar-refractivity contribution < 1.29 is 22.7 Å². The van der Waals surface area contributed by atoms with E-state index in [-0.39, 0.29) is 15.7 Å². The Labute approximate surface area is 128 Å². The average Bonchev–Trinajstić information content (AvgIpc) is 2.81. The van der Waals surface area contributed by atoms with E-state index in [0.717, 1.165) is 0 Å². The van der Waals surface area contributed by atoms with Crippen LogP contribution in [-0.4, -0.2) is 37.9 Å². The molecular weight excluding hydrogens is 308 g/mol. The molecule has 0 fully saturated rings. The first-order valence-corrected chi connectivity index (χ1v) is 7.89. The minimum atomic E-state index is -3.79. The van der Waals surface area contributed by atoms with Crippen LogP contribution >= 0.6 is 0 Å². The number of nitrogens with zero attached hydrogens (tertiary/aromatic N) is 2. The zero-order valence-corrected chi connectivity index (χ0v) is 13.3. The van der Waals surface area contributed by atoms with Crippen molar-refractivity contribution in [3.8, 4) is 5.88 Å². The largest absolute Gasteiger partial charge is 0.466 e. The lowest BCUT2D eigenvalue weighted by Crippen LogP contribution is -2.14. The van der Waals surface area contributed by atoms with Crippen LogP contribution < -0.4 is 4.74 Å². The molecule has 0 saturated carbocycles. The fourth-order valence-electron chi connectivity index (χ4n) is 1.87. The number of sulfone groups is 1. The first-order chi connectivity index (χ1) is 10.4. The molecule has 0 saturated heterocycles. The third kappa shape index (κ3) is 2.96. The Balaban J connectivity index is 2.48. The summed E-state index contributed by atoms with van der Waals surface area (Å²) in [6.45, 7) is 1.21. The van der Waals surface area contributed by atoms with Crippen LogP contribution in [0.3, 0.4) is 0 Å². The summed E-state index contributed by atoms with van der Waals surface area (Å²) in [5.41, 5.74) is 0.420. The molecule has 0 N–H and O–H groups in total. The highest BCUT2D eigenvalue weighted by Gasteiger charge is 2.29. The summed E-state index contributed by atoms with van der Waals surface area (Å²) in [5, 5.41) is 4.02. The van der Waals surface area contributed by atoms with Crippen molar-refractivity contribution in [2.45, 2.75) is 16.7 Å². The normalized spacial score (nSPS) is 11.2. The Morgan fingerprint density at radius 3 is 2.50 bits per heavy atom. The molecule has 0 unspecified atom stereocenters. The number of esters is 1. The van der Waals surface area contributed by atoms with Gasteiger partial charge in [-0.1, -0.05) is 18.2 Å². The van der Waals surface area contributed by atoms with Gasteiger partial charge in [-0.15, -0.1) is 5.10 Å². The second-order valence-corrected chi connectivity index (χ2v) is 6.41. The SMILES string of the molecule is COC(=O)COc1nn(C)c(C)c1S(=O)(=O)c1ccccc1. The van der Waals surface area contributed by atoms with E-state index in [9.17, 15) is 13.2 Å². The van der Waals surface area contributed by atoms with Gasteiger partial charge in [0.05, 0.1) is 17.7 Å². The van der Waals surface area contributed by atoms with E-state index in [1.54, 1.807) is 32.2 Å². The molecule has 1 heterocycles. The van der Waals surface area contributed by atoms with Gasteiger partial charge in [-0.3, -0.25) is 4.68 Å². The Kier molecular flexibility index (Phi) is 4.51. The molecule has 0 aliphatic rings. The van der Waals surface area contributed by atoms with Gasteiger partial charge in [0.15, 0.2) is 11.5 Å². The molecule has 2 aromatic rings. The number of hydrogen-bond acceptors (Lipinski definition) is 6. The number of methoxy groups -OCH3 is 1. The summed E-state index contributed by atoms with van der Waals surface area (Å²) in [5.74, 6) is -0.736. The highest BCUT2D eigenvalue weighted by molar-refractivity contribution is 7.91. The van der Waals surface area contributed by atoms with Gasteiger partial charge in [0.25, 0.3) is 5.88 Å². The van der Waals surface area contributed by atoms with Gasteiger partial charge in [-0.25, -0.2) is 13.2 Å². The fraction of sp³-hybridized carbons (Fsp3) is 0.286. The summed E-state index contributed by atoms with van der Waals surface area (Å²) >= 11 is 0. The summed E-state index contributed by atoms with van der Waals surface area (Å²) in [4.78, 5) is 11.3. The summed E-state index contributed by atoms with van der Waals surface area (Å²) in [6.07, 6.45) is 0. The van der Waals surface area contributed by atoms with E-state index in [1.165, 1.54) is 23.9 Å². The van der Waals surface area contributed by atoms with Gasteiger partial charge >= 0.3 is 5.97 Å². The van der Waals surface area contributed by atoms with Crippen LogP contribution in [0, 0.1) is 6.92 Å². The molecule has 0 bridgehead atoms. The molecular formula is C14H16N2O5S. The number of rotatable bonds is 5. The highest BCUT2D eigenvalue weighted by Crippen LogP contribution is 2.31. The van der Waals surface area contributed by atoms with Crippen molar-refractivity contribution in [2.24, 2.45) is 7.05 Å². The van der Waals surface area contributed by atoms with Crippen LogP contribution in [0.15, 0.2) is 40.1 Å². The third-order valence-corrected chi connectivity index (χ3v) is 5.03. The molecule has 1 aromatic heterocycles. The van der Waals surface area contributed by atoms with E-state index in [0.29, 0.717) is 5.69 Å². The monoisotopic (exact) mass is 324 g/mol. The zero-order valence-electron chi connectivity index (χ0n) is 12.4. The number of carbonyl (C=O) groups excluding carboxylic acids is 1. The third-order valence-electron chi connectivity index (χ3n) is 3.13. The van der Waals surface area contributed by atoms with Crippen LogP contribution in [0.4, 0.5) is 0 Å². The maximum Gasteiger partial charge on any atom is 0.343 e. The van der Waals surface area contributed by atoms with Crippen LogP contribution in [-0.2, 0) is 26.4 Å². The molecule has 0 amide bonds. The number of aryl methyl sites for hydroxylation is 1. The molecule has 118 valence electrons. The second-order valence-electron chi connectivity index (χ2n) is 4.52. The van der Waals surface area contributed by atoms with E-state index < -0.39 is 22.4 Å². The van der Waals surface area contributed by atoms with Crippen molar-refractivity contribution in [2.75, 3.05) is 13.7 Å². The molecule has 7 nitrogen and oxygen atoms in total. The standard InChI is InChI=1S/C14H16N2O5S/c1-10-13(22(18,19)11-7-5-4-6-8-11)14(15-16(10)2)21-9-12(17)20-3/h4-8H,9H2,1-3H3. The number of benzene rings is 1. The smallest absolute Gasteiger partial charge is 0.343 e. The summed E-state index contributed by atoms with van der Waals surface area (Å²) in [6, 6.07) is 7.97. The number of ether oxygens (including phenoxy) is 2. The molecule has 1 aromatic carbocycles. The lowest BCUT2D eigenvalue weighted by molar-refractivity contribution is -0.143. The highest BCUT2D eigenvalue weighted by atomic mass is 32.2. The molecule has 0 aliphatic carbocycles. The van der Waals surface area contributed by atoms with Gasteiger partial charge in [0.1, 0.15) is 0 Å². The predicted molar refractivity (Wildman–Crippen MR) is 77.3 cm³/mol. The topological polar surface area (TPSA) is 87.5 Å². The number of carbonyl (C=O) groups is 1. The van der Waals surface area contributed by atoms with Crippen LogP contribution in [0.25, 0.3) is 0 Å². The quantitative estimate of drug-likeness (QED) is 0.766. The lowest BCUT2D eigenvalue weighted by Gasteiger charge is -2.07. The molecule has 2 rings (SSSR count). The number of aromatic nitrogens is 2. The molecule has 8 heteroatoms. The molecule has 0 aliphatic heterocycles. The summed E-state index contributed by atoms with van der Waals surface area (Å²) in [7, 11) is -0.974. The van der Waals surface area contributed by atoms with Crippen LogP contribution in [0.1, 0.15) is 5.69 Å². The first-order valence-electron chi connectivity index (χ1n) is 6.41. The van der Waals surface area contributed by atoms with Gasteiger partial charge in [-0.05, 0) is 19.1 Å². The second kappa shape index (κ2) is 6.18. The molecule has 0 radical (unpaired) electrons. The molecule has 0 spiro atoms. The van der Waals surface area contributed by atoms with Crippen molar-refractivity contribution in [1.82, 2.24) is 9.78 Å². The maximum absolute atomic E-state index is 12.8. The van der Waals surface area contributed by atoms with Crippen LogP contribution in [0.5, 0.6) is 5.88 Å². The van der Waals surface area contributed by atoms with Crippen molar-refractivity contribution >= 4 is 15.8 Å². The minimum absolute atomic E-state index is 0.0508. The Morgan fingerprint density at radius 2 is 1.91 bits per heavy atom. The van der Waals surface area contributed by atoms with E-state index in [4.69, 9.17) is 4.74 Å². The Hall–Kier alpha value is -2.35. The van der Waals surface area contributed by atoms with Crippen molar-refractivity contribution in [3.63, 3.8) is 0 Å². The molecule has 22 heavy (non-hydrogen) atoms. The van der Waals surface area contributed by atoms with Gasteiger partial charge in [0.2, 0.25) is 9.84 Å². The summed E-state index contributed by atoms with van der Waals surface area (Å²) < 4.78 is 36.6. The minimum Gasteiger partial charge on any atom is -0.466 e. The van der Waals surface area contributed by atoms with E-state index in [1.807, 2.05) is 0 Å². The van der Waals surface area contributed by atoms with E-state index >= 15 is 0 Å². The van der Waals surface area contributed by atoms with Gasteiger partial charge in [-0.2, -0.15) is 0 Å². The van der Waals surface area contributed by atoms with E-state index in [2.05, 4.69) is 9.84 Å². The Morgan fingerprint density at radius 1 is 1.27 bits per heavy atom. The van der Waals surface area contributed by atoms with Crippen molar-refractivity contribution in [3.05, 3.63) is 36.0 Å².